The molecule has 1 unspecified atom stereocenters. The molecule has 1 atom stereocenters. The summed E-state index contributed by atoms with van der Waals surface area (Å²) >= 11 is 0. The Balaban J connectivity index is 2.11. The van der Waals surface area contributed by atoms with E-state index in [-0.39, 0.29) is 5.69 Å². The molecule has 0 radical (unpaired) electrons. The zero-order valence-electron chi connectivity index (χ0n) is 13.5. The lowest BCUT2D eigenvalue weighted by molar-refractivity contribution is -0.263. The number of carbonyl (C=O) groups is 1. The lowest BCUT2D eigenvalue weighted by Crippen LogP contribution is -2.51. The van der Waals surface area contributed by atoms with E-state index < -0.39 is 41.7 Å². The van der Waals surface area contributed by atoms with E-state index in [1.807, 2.05) is 10.6 Å². The second-order valence-corrected chi connectivity index (χ2v) is 5.61. The van der Waals surface area contributed by atoms with Crippen LogP contribution in [0.4, 0.5) is 36.8 Å². The molecule has 146 valence electrons. The van der Waals surface area contributed by atoms with Crippen LogP contribution in [0.5, 0.6) is 0 Å². The fourth-order valence-electron chi connectivity index (χ4n) is 2.24. The van der Waals surface area contributed by atoms with Crippen LogP contribution in [-0.2, 0) is 11.8 Å². The maximum atomic E-state index is 13.3. The molecule has 0 aliphatic carbocycles. The van der Waals surface area contributed by atoms with Crippen LogP contribution in [0, 0.1) is 0 Å². The van der Waals surface area contributed by atoms with Gasteiger partial charge in [-0.25, -0.2) is 4.79 Å². The first kappa shape index (κ1) is 20.6. The van der Waals surface area contributed by atoms with Gasteiger partial charge >= 0.3 is 18.4 Å². The van der Waals surface area contributed by atoms with Crippen molar-refractivity contribution in [1.82, 2.24) is 5.32 Å². The van der Waals surface area contributed by atoms with Crippen molar-refractivity contribution in [1.29, 1.82) is 0 Å². The van der Waals surface area contributed by atoms with Crippen molar-refractivity contribution < 1.29 is 36.2 Å². The third kappa shape index (κ3) is 4.91. The second-order valence-electron chi connectivity index (χ2n) is 5.61. The standard InChI is InChI=1S/C17H14F6N2O2/c18-16(19,20)12-7-4-8-13(9-12)25-14(26)24-10-15(27,17(21,22)23)11-5-2-1-3-6-11/h1-9,27H,10H2,(H2,24,25,26). The molecule has 2 amide bonds. The number of benzene rings is 2. The summed E-state index contributed by atoms with van der Waals surface area (Å²) in [5, 5.41) is 13.9. The first-order valence-electron chi connectivity index (χ1n) is 7.50. The predicted octanol–water partition coefficient (Wildman–Crippen LogP) is 4.28. The SMILES string of the molecule is O=C(NCC(O)(c1ccccc1)C(F)(F)F)Nc1cccc(C(F)(F)F)c1. The number of alkyl halides is 6. The van der Waals surface area contributed by atoms with Gasteiger partial charge in [0.2, 0.25) is 5.60 Å². The number of anilines is 1. The summed E-state index contributed by atoms with van der Waals surface area (Å²) in [7, 11) is 0. The average Bonchev–Trinajstić information content (AvgIpc) is 2.59. The van der Waals surface area contributed by atoms with Crippen LogP contribution in [0.3, 0.4) is 0 Å². The Labute approximate surface area is 149 Å². The number of carbonyl (C=O) groups excluding carboxylic acids is 1. The Hall–Kier alpha value is -2.75. The first-order valence-corrected chi connectivity index (χ1v) is 7.50. The van der Waals surface area contributed by atoms with E-state index in [1.54, 1.807) is 0 Å². The van der Waals surface area contributed by atoms with Crippen LogP contribution in [0.1, 0.15) is 11.1 Å². The highest BCUT2D eigenvalue weighted by atomic mass is 19.4. The van der Waals surface area contributed by atoms with Gasteiger partial charge in [-0.1, -0.05) is 36.4 Å². The number of rotatable bonds is 4. The van der Waals surface area contributed by atoms with E-state index in [4.69, 9.17) is 0 Å². The van der Waals surface area contributed by atoms with Gasteiger partial charge < -0.3 is 15.7 Å². The highest BCUT2D eigenvalue weighted by Crippen LogP contribution is 2.38. The fourth-order valence-corrected chi connectivity index (χ4v) is 2.24. The van der Waals surface area contributed by atoms with Crippen LogP contribution >= 0.6 is 0 Å². The van der Waals surface area contributed by atoms with Gasteiger partial charge in [-0.15, -0.1) is 0 Å². The van der Waals surface area contributed by atoms with E-state index in [1.165, 1.54) is 18.2 Å². The maximum Gasteiger partial charge on any atom is 0.423 e. The molecule has 0 spiro atoms. The van der Waals surface area contributed by atoms with Gasteiger partial charge in [-0.2, -0.15) is 26.3 Å². The maximum absolute atomic E-state index is 13.3. The molecule has 0 saturated carbocycles. The van der Waals surface area contributed by atoms with E-state index in [9.17, 15) is 36.2 Å². The zero-order chi connectivity index (χ0) is 20.3. The largest absolute Gasteiger partial charge is 0.423 e. The summed E-state index contributed by atoms with van der Waals surface area (Å²) in [6.07, 6.45) is -9.74. The minimum atomic E-state index is -5.10. The Morgan fingerprint density at radius 3 is 2.04 bits per heavy atom. The Morgan fingerprint density at radius 1 is 0.889 bits per heavy atom. The molecule has 0 fully saturated rings. The summed E-state index contributed by atoms with van der Waals surface area (Å²) in [4.78, 5) is 11.8. The monoisotopic (exact) mass is 392 g/mol. The van der Waals surface area contributed by atoms with E-state index in [0.717, 1.165) is 30.3 Å². The van der Waals surface area contributed by atoms with Crippen molar-refractivity contribution in [2.45, 2.75) is 18.0 Å². The summed E-state index contributed by atoms with van der Waals surface area (Å²) in [5.74, 6) is 0. The van der Waals surface area contributed by atoms with Gasteiger partial charge in [0, 0.05) is 5.69 Å². The number of urea groups is 1. The smallest absolute Gasteiger partial charge is 0.375 e. The van der Waals surface area contributed by atoms with Gasteiger partial charge in [0.25, 0.3) is 0 Å². The van der Waals surface area contributed by atoms with Crippen molar-refractivity contribution in [3.8, 4) is 0 Å². The molecule has 0 aliphatic heterocycles. The molecular formula is C17H14F6N2O2. The van der Waals surface area contributed by atoms with Crippen LogP contribution in [-0.4, -0.2) is 23.9 Å². The topological polar surface area (TPSA) is 61.4 Å². The van der Waals surface area contributed by atoms with Gasteiger partial charge in [-0.3, -0.25) is 0 Å². The van der Waals surface area contributed by atoms with Crippen molar-refractivity contribution in [2.75, 3.05) is 11.9 Å². The highest BCUT2D eigenvalue weighted by Gasteiger charge is 2.55. The molecule has 0 aliphatic rings. The Bertz CT molecular complexity index is 792. The molecule has 2 aromatic rings. The van der Waals surface area contributed by atoms with E-state index >= 15 is 0 Å². The molecule has 27 heavy (non-hydrogen) atoms. The molecule has 3 N–H and O–H groups in total. The van der Waals surface area contributed by atoms with Gasteiger partial charge in [-0.05, 0) is 23.8 Å². The van der Waals surface area contributed by atoms with Crippen LogP contribution in [0.15, 0.2) is 54.6 Å². The number of aliphatic hydroxyl groups is 1. The number of halogens is 6. The number of amides is 2. The van der Waals surface area contributed by atoms with E-state index in [0.29, 0.717) is 6.07 Å². The third-order valence-corrected chi connectivity index (χ3v) is 3.67. The zero-order valence-corrected chi connectivity index (χ0v) is 13.5. The van der Waals surface area contributed by atoms with Crippen molar-refractivity contribution >= 4 is 11.7 Å². The van der Waals surface area contributed by atoms with Crippen molar-refractivity contribution in [3.05, 3.63) is 65.7 Å². The van der Waals surface area contributed by atoms with Crippen molar-refractivity contribution in [3.63, 3.8) is 0 Å². The van der Waals surface area contributed by atoms with Crippen LogP contribution < -0.4 is 10.6 Å². The summed E-state index contributed by atoms with van der Waals surface area (Å²) in [6, 6.07) is 8.49. The van der Waals surface area contributed by atoms with Gasteiger partial charge in [0.15, 0.2) is 0 Å². The van der Waals surface area contributed by atoms with E-state index in [2.05, 4.69) is 0 Å². The molecule has 0 bridgehead atoms. The molecule has 0 heterocycles. The summed E-state index contributed by atoms with van der Waals surface area (Å²) in [5.41, 5.74) is -5.15. The highest BCUT2D eigenvalue weighted by molar-refractivity contribution is 5.89. The number of hydrogen-bond donors (Lipinski definition) is 3. The Kier molecular flexibility index (Phi) is 5.69. The normalized spacial score (nSPS) is 14.3. The van der Waals surface area contributed by atoms with Crippen LogP contribution in [0.25, 0.3) is 0 Å². The first-order chi connectivity index (χ1) is 12.4. The average molecular weight is 392 g/mol. The molecule has 0 saturated heterocycles. The van der Waals surface area contributed by atoms with Crippen molar-refractivity contribution in [2.24, 2.45) is 0 Å². The predicted molar refractivity (Wildman–Crippen MR) is 84.9 cm³/mol. The molecule has 10 heteroatoms. The lowest BCUT2D eigenvalue weighted by Gasteiger charge is -2.31. The lowest BCUT2D eigenvalue weighted by atomic mass is 9.93. The fraction of sp³-hybridized carbons (Fsp3) is 0.235. The number of nitrogens with one attached hydrogen (secondary N) is 2. The molecular weight excluding hydrogens is 378 g/mol. The second kappa shape index (κ2) is 7.47. The summed E-state index contributed by atoms with van der Waals surface area (Å²) < 4.78 is 77.8. The minimum absolute atomic E-state index is 0.266. The minimum Gasteiger partial charge on any atom is -0.375 e. The Morgan fingerprint density at radius 2 is 1.48 bits per heavy atom. The van der Waals surface area contributed by atoms with Gasteiger partial charge in [0.05, 0.1) is 12.1 Å². The molecule has 4 nitrogen and oxygen atoms in total. The molecule has 0 aromatic heterocycles. The van der Waals surface area contributed by atoms with Crippen LogP contribution in [0.2, 0.25) is 0 Å². The number of hydrogen-bond acceptors (Lipinski definition) is 2. The third-order valence-electron chi connectivity index (χ3n) is 3.67. The molecule has 2 rings (SSSR count). The summed E-state index contributed by atoms with van der Waals surface area (Å²) in [6.45, 7) is -1.23. The molecule has 2 aromatic carbocycles. The van der Waals surface area contributed by atoms with Gasteiger partial charge in [0.1, 0.15) is 0 Å². The quantitative estimate of drug-likeness (QED) is 0.681.